The van der Waals surface area contributed by atoms with Gasteiger partial charge < -0.3 is 15.6 Å². The number of hydrogen-bond donors (Lipinski definition) is 2. The summed E-state index contributed by atoms with van der Waals surface area (Å²) in [6.45, 7) is 2.19. The number of nitrogens with zero attached hydrogens (tertiary/aromatic N) is 2. The molecule has 5 nitrogen and oxygen atoms in total. The van der Waals surface area contributed by atoms with E-state index >= 15 is 0 Å². The van der Waals surface area contributed by atoms with Gasteiger partial charge in [0.1, 0.15) is 17.4 Å². The third-order valence-electron chi connectivity index (χ3n) is 6.84. The summed E-state index contributed by atoms with van der Waals surface area (Å²) >= 11 is 0. The Labute approximate surface area is 204 Å². The fourth-order valence-corrected chi connectivity index (χ4v) is 4.91. The molecule has 3 atom stereocenters. The molecule has 0 aliphatic carbocycles. The fourth-order valence-electron chi connectivity index (χ4n) is 4.91. The third kappa shape index (κ3) is 6.34. The number of hydrogen-bond acceptors (Lipinski definition) is 5. The first kappa shape index (κ1) is 25.1. The van der Waals surface area contributed by atoms with Crippen LogP contribution < -0.4 is 10.5 Å². The van der Waals surface area contributed by atoms with Crippen molar-refractivity contribution in [1.82, 2.24) is 9.88 Å². The second kappa shape index (κ2) is 11.6. The standard InChI is InChI=1S/C28H31F2N3O2/c1-35-24-5-7-28-26(16-24)25(8-10-32-28)27(31)6-4-20-9-12-33(17-21(20)18-34)11-2-3-19-13-22(29)15-23(30)14-19/h5,7-8,10,13-16,20-21,27,34H,4,6,9,11-12,17-18,31H2,1H3/t20-,21-,27-/m1/s1. The van der Waals surface area contributed by atoms with E-state index in [2.05, 4.69) is 21.7 Å². The van der Waals surface area contributed by atoms with Gasteiger partial charge in [0, 0.05) is 42.4 Å². The van der Waals surface area contributed by atoms with E-state index < -0.39 is 11.6 Å². The van der Waals surface area contributed by atoms with Crippen LogP contribution in [0.5, 0.6) is 5.75 Å². The van der Waals surface area contributed by atoms with E-state index in [0.29, 0.717) is 18.0 Å². The second-order valence-corrected chi connectivity index (χ2v) is 9.15. The van der Waals surface area contributed by atoms with Crippen LogP contribution in [0.4, 0.5) is 8.78 Å². The molecule has 1 aliphatic rings. The van der Waals surface area contributed by atoms with E-state index in [1.165, 1.54) is 12.1 Å². The van der Waals surface area contributed by atoms with Crippen molar-refractivity contribution in [3.63, 3.8) is 0 Å². The summed E-state index contributed by atoms with van der Waals surface area (Å²) in [5, 5.41) is 11.0. The van der Waals surface area contributed by atoms with Gasteiger partial charge >= 0.3 is 0 Å². The van der Waals surface area contributed by atoms with Gasteiger partial charge in [0.05, 0.1) is 19.2 Å². The van der Waals surface area contributed by atoms with Crippen molar-refractivity contribution in [2.24, 2.45) is 17.6 Å². The molecule has 2 heterocycles. The summed E-state index contributed by atoms with van der Waals surface area (Å²) < 4.78 is 32.0. The molecule has 0 radical (unpaired) electrons. The van der Waals surface area contributed by atoms with E-state index in [1.54, 1.807) is 13.3 Å². The highest BCUT2D eigenvalue weighted by molar-refractivity contribution is 5.83. The van der Waals surface area contributed by atoms with Crippen molar-refractivity contribution < 1.29 is 18.6 Å². The zero-order valence-corrected chi connectivity index (χ0v) is 19.9. The highest BCUT2D eigenvalue weighted by Gasteiger charge is 2.28. The van der Waals surface area contributed by atoms with Crippen LogP contribution in [0, 0.1) is 35.3 Å². The van der Waals surface area contributed by atoms with Gasteiger partial charge in [-0.05, 0) is 79.6 Å². The average molecular weight is 480 g/mol. The molecule has 0 amide bonds. The van der Waals surface area contributed by atoms with Crippen LogP contribution in [-0.4, -0.2) is 48.3 Å². The molecule has 184 valence electrons. The number of ether oxygens (including phenoxy) is 1. The van der Waals surface area contributed by atoms with Gasteiger partial charge in [-0.1, -0.05) is 11.8 Å². The predicted molar refractivity (Wildman–Crippen MR) is 133 cm³/mol. The van der Waals surface area contributed by atoms with Crippen molar-refractivity contribution in [1.29, 1.82) is 0 Å². The molecule has 1 fully saturated rings. The fraction of sp³-hybridized carbons (Fsp3) is 0.393. The zero-order valence-electron chi connectivity index (χ0n) is 19.9. The van der Waals surface area contributed by atoms with E-state index in [-0.39, 0.29) is 18.6 Å². The van der Waals surface area contributed by atoms with Gasteiger partial charge in [0.2, 0.25) is 0 Å². The Balaban J connectivity index is 1.34. The summed E-state index contributed by atoms with van der Waals surface area (Å²) in [5.74, 6) is 5.86. The number of aliphatic hydroxyl groups is 1. The molecule has 0 spiro atoms. The number of fused-ring (bicyclic) bond motifs is 1. The van der Waals surface area contributed by atoms with Gasteiger partial charge in [0.15, 0.2) is 0 Å². The predicted octanol–water partition coefficient (Wildman–Crippen LogP) is 4.28. The number of benzene rings is 2. The maximum Gasteiger partial charge on any atom is 0.127 e. The van der Waals surface area contributed by atoms with Crippen LogP contribution >= 0.6 is 0 Å². The molecule has 0 bridgehead atoms. The van der Waals surface area contributed by atoms with Gasteiger partial charge in [0.25, 0.3) is 0 Å². The lowest BCUT2D eigenvalue weighted by Crippen LogP contribution is -2.42. The molecular formula is C28H31F2N3O2. The van der Waals surface area contributed by atoms with Crippen molar-refractivity contribution in [3.8, 4) is 17.6 Å². The molecular weight excluding hydrogens is 448 g/mol. The molecule has 3 aromatic rings. The van der Waals surface area contributed by atoms with Crippen LogP contribution in [-0.2, 0) is 0 Å². The summed E-state index contributed by atoms with van der Waals surface area (Å²) in [6, 6.07) is 10.9. The van der Waals surface area contributed by atoms with Crippen molar-refractivity contribution in [2.75, 3.05) is 33.4 Å². The highest BCUT2D eigenvalue weighted by atomic mass is 19.1. The number of likely N-dealkylation sites (tertiary alicyclic amines) is 1. The molecule has 1 aliphatic heterocycles. The number of aliphatic hydroxyl groups excluding tert-OH is 1. The van der Waals surface area contributed by atoms with Gasteiger partial charge in [-0.15, -0.1) is 0 Å². The molecule has 0 saturated carbocycles. The molecule has 1 aromatic heterocycles. The Bertz CT molecular complexity index is 1200. The Kier molecular flexibility index (Phi) is 8.29. The molecule has 1 saturated heterocycles. The van der Waals surface area contributed by atoms with Gasteiger partial charge in [-0.3, -0.25) is 9.88 Å². The number of pyridine rings is 1. The van der Waals surface area contributed by atoms with E-state index in [0.717, 1.165) is 60.6 Å². The normalized spacial score (nSPS) is 19.2. The lowest BCUT2D eigenvalue weighted by Gasteiger charge is -2.37. The quantitative estimate of drug-likeness (QED) is 0.495. The molecule has 35 heavy (non-hydrogen) atoms. The van der Waals surface area contributed by atoms with Crippen molar-refractivity contribution in [2.45, 2.75) is 25.3 Å². The van der Waals surface area contributed by atoms with Crippen LogP contribution in [0.1, 0.15) is 36.4 Å². The topological polar surface area (TPSA) is 71.6 Å². The highest BCUT2D eigenvalue weighted by Crippen LogP contribution is 2.32. The van der Waals surface area contributed by atoms with Gasteiger partial charge in [-0.25, -0.2) is 8.78 Å². The minimum Gasteiger partial charge on any atom is -0.497 e. The minimum absolute atomic E-state index is 0.105. The summed E-state index contributed by atoms with van der Waals surface area (Å²) in [4.78, 5) is 6.62. The number of halogens is 2. The number of nitrogens with two attached hydrogens (primary N) is 1. The number of aromatic nitrogens is 1. The van der Waals surface area contributed by atoms with Crippen LogP contribution in [0.15, 0.2) is 48.7 Å². The largest absolute Gasteiger partial charge is 0.497 e. The van der Waals surface area contributed by atoms with E-state index in [4.69, 9.17) is 10.5 Å². The first-order valence-corrected chi connectivity index (χ1v) is 11.9. The Morgan fingerprint density at radius 2 is 1.97 bits per heavy atom. The Morgan fingerprint density at radius 3 is 2.71 bits per heavy atom. The summed E-state index contributed by atoms with van der Waals surface area (Å²) in [5.41, 5.74) is 8.88. The molecule has 3 N–H and O–H groups in total. The maximum absolute atomic E-state index is 13.3. The molecule has 4 rings (SSSR count). The van der Waals surface area contributed by atoms with Crippen LogP contribution in [0.3, 0.4) is 0 Å². The molecule has 0 unspecified atom stereocenters. The monoisotopic (exact) mass is 479 g/mol. The van der Waals surface area contributed by atoms with Gasteiger partial charge in [-0.2, -0.15) is 0 Å². The van der Waals surface area contributed by atoms with E-state index in [9.17, 15) is 13.9 Å². The Morgan fingerprint density at radius 1 is 1.17 bits per heavy atom. The SMILES string of the molecule is COc1ccc2nccc([C@H](N)CC[C@@H]3CCN(CC#Cc4cc(F)cc(F)c4)C[C@@H]3CO)c2c1. The summed E-state index contributed by atoms with van der Waals surface area (Å²) in [6.07, 6.45) is 4.46. The van der Waals surface area contributed by atoms with Crippen molar-refractivity contribution in [3.05, 3.63) is 71.4 Å². The third-order valence-corrected chi connectivity index (χ3v) is 6.84. The maximum atomic E-state index is 13.3. The van der Waals surface area contributed by atoms with Crippen LogP contribution in [0.25, 0.3) is 10.9 Å². The first-order valence-electron chi connectivity index (χ1n) is 11.9. The first-order chi connectivity index (χ1) is 17.0. The van der Waals surface area contributed by atoms with Crippen molar-refractivity contribution >= 4 is 10.9 Å². The van der Waals surface area contributed by atoms with Crippen LogP contribution in [0.2, 0.25) is 0 Å². The minimum atomic E-state index is -0.632. The zero-order chi connectivity index (χ0) is 24.8. The Hall–Kier alpha value is -3.05. The number of piperidine rings is 1. The smallest absolute Gasteiger partial charge is 0.127 e. The second-order valence-electron chi connectivity index (χ2n) is 9.15. The van der Waals surface area contributed by atoms with E-state index in [1.807, 2.05) is 24.3 Å². The lowest BCUT2D eigenvalue weighted by atomic mass is 9.81. The number of methoxy groups -OCH3 is 1. The summed E-state index contributed by atoms with van der Waals surface area (Å²) in [7, 11) is 1.64. The molecule has 7 heteroatoms. The number of rotatable bonds is 7. The lowest BCUT2D eigenvalue weighted by molar-refractivity contribution is 0.0738. The molecule has 2 aromatic carbocycles. The average Bonchev–Trinajstić information content (AvgIpc) is 2.86.